The van der Waals surface area contributed by atoms with Crippen molar-refractivity contribution in [2.24, 2.45) is 11.8 Å². The Morgan fingerprint density at radius 2 is 1.90 bits per heavy atom. The van der Waals surface area contributed by atoms with Crippen molar-refractivity contribution in [2.45, 2.75) is 51.7 Å². The quantitative estimate of drug-likeness (QED) is 0.207. The maximum atomic E-state index is 13.4. The molecule has 0 spiro atoms. The minimum absolute atomic E-state index is 0.0824. The lowest BCUT2D eigenvalue weighted by Gasteiger charge is -2.21. The number of H-pyrrole nitrogens is 1. The molecule has 1 fully saturated rings. The van der Waals surface area contributed by atoms with Gasteiger partial charge in [0.2, 0.25) is 11.8 Å². The van der Waals surface area contributed by atoms with Gasteiger partial charge in [-0.2, -0.15) is 13.2 Å². The van der Waals surface area contributed by atoms with Crippen LogP contribution in [0.1, 0.15) is 55.6 Å². The zero-order chi connectivity index (χ0) is 28.6. The fourth-order valence-corrected chi connectivity index (χ4v) is 4.48. The zero-order valence-electron chi connectivity index (χ0n) is 21.8. The molecule has 3 atom stereocenters. The monoisotopic (exact) mass is 547 g/mol. The van der Waals surface area contributed by atoms with Crippen molar-refractivity contribution in [3.63, 3.8) is 0 Å². The number of carbonyl (C=O) groups excluding carboxylic acids is 4. The molecule has 39 heavy (non-hydrogen) atoms. The lowest BCUT2D eigenvalue weighted by atomic mass is 9.94. The van der Waals surface area contributed by atoms with Crippen LogP contribution in [0.2, 0.25) is 0 Å². The molecule has 3 rings (SSSR count). The third-order valence-corrected chi connectivity index (χ3v) is 6.58. The number of amides is 2. The maximum absolute atomic E-state index is 13.4. The standard InChI is InChI=1S/C28H32F3N3O5/c1-3-17(27(38)33-19(9-12-25(36)39-4-2)15-18-13-14-32-26(18)37)16-24(35)23-11-10-22(34-23)20-7-5-6-8-21(20)28(29,30)31/h5-12,17-19,34H,3-4,13-16H2,1-2H3,(H,32,37)(H,33,38)/t17-,18+,19-/m1/s1. The van der Waals surface area contributed by atoms with Crippen molar-refractivity contribution in [2.75, 3.05) is 13.2 Å². The van der Waals surface area contributed by atoms with E-state index in [0.29, 0.717) is 19.4 Å². The summed E-state index contributed by atoms with van der Waals surface area (Å²) in [7, 11) is 0. The van der Waals surface area contributed by atoms with Crippen LogP contribution < -0.4 is 10.6 Å². The number of Topliss-reactive ketones (excluding diaryl/α,β-unsaturated/α-hetero) is 1. The molecule has 0 unspecified atom stereocenters. The number of alkyl halides is 3. The molecule has 0 bridgehead atoms. The molecule has 1 saturated heterocycles. The molecule has 1 aromatic carbocycles. The Kier molecular flexibility index (Phi) is 10.1. The second-order valence-electron chi connectivity index (χ2n) is 9.30. The number of aromatic nitrogens is 1. The van der Waals surface area contributed by atoms with Crippen molar-refractivity contribution in [1.82, 2.24) is 15.6 Å². The third-order valence-electron chi connectivity index (χ3n) is 6.58. The lowest BCUT2D eigenvalue weighted by molar-refractivity contribution is -0.138. The van der Waals surface area contributed by atoms with E-state index in [1.807, 2.05) is 0 Å². The summed E-state index contributed by atoms with van der Waals surface area (Å²) >= 11 is 0. The van der Waals surface area contributed by atoms with Gasteiger partial charge in [-0.3, -0.25) is 14.4 Å². The summed E-state index contributed by atoms with van der Waals surface area (Å²) in [6, 6.07) is 7.22. The lowest BCUT2D eigenvalue weighted by Crippen LogP contribution is -2.40. The third kappa shape index (κ3) is 8.05. The fraction of sp³-hybridized carbons (Fsp3) is 0.429. The number of hydrogen-bond acceptors (Lipinski definition) is 5. The van der Waals surface area contributed by atoms with E-state index in [1.165, 1.54) is 42.5 Å². The number of nitrogens with one attached hydrogen (secondary N) is 3. The van der Waals surface area contributed by atoms with Crippen LogP contribution in [0.25, 0.3) is 11.3 Å². The van der Waals surface area contributed by atoms with Gasteiger partial charge in [-0.05, 0) is 44.4 Å². The number of esters is 1. The zero-order valence-corrected chi connectivity index (χ0v) is 21.8. The first-order chi connectivity index (χ1) is 18.5. The summed E-state index contributed by atoms with van der Waals surface area (Å²) in [6.07, 6.45) is -0.869. The summed E-state index contributed by atoms with van der Waals surface area (Å²) in [6.45, 7) is 4.13. The number of aromatic amines is 1. The first kappa shape index (κ1) is 29.7. The summed E-state index contributed by atoms with van der Waals surface area (Å²) in [5, 5.41) is 5.56. The second kappa shape index (κ2) is 13.3. The van der Waals surface area contributed by atoms with Crippen molar-refractivity contribution in [1.29, 1.82) is 0 Å². The average Bonchev–Trinajstić information content (AvgIpc) is 3.55. The SMILES string of the molecule is CCOC(=O)C=C[C@H](C[C@@H]1CCNC1=O)NC(=O)[C@H](CC)CC(=O)c1ccc(-c2ccccc2C(F)(F)F)[nH]1. The Balaban J connectivity index is 1.71. The molecule has 1 aliphatic rings. The van der Waals surface area contributed by atoms with Crippen LogP contribution in [0.5, 0.6) is 0 Å². The average molecular weight is 548 g/mol. The largest absolute Gasteiger partial charge is 0.463 e. The van der Waals surface area contributed by atoms with Crippen molar-refractivity contribution < 1.29 is 37.1 Å². The van der Waals surface area contributed by atoms with Gasteiger partial charge in [0.1, 0.15) is 0 Å². The van der Waals surface area contributed by atoms with Gasteiger partial charge in [-0.15, -0.1) is 0 Å². The minimum atomic E-state index is -4.56. The molecule has 1 aromatic heterocycles. The normalized spacial score (nSPS) is 17.1. The van der Waals surface area contributed by atoms with Crippen LogP contribution in [0.4, 0.5) is 13.2 Å². The molecular weight excluding hydrogens is 515 g/mol. The highest BCUT2D eigenvalue weighted by Crippen LogP contribution is 2.36. The van der Waals surface area contributed by atoms with E-state index in [9.17, 15) is 32.3 Å². The number of halogens is 3. The maximum Gasteiger partial charge on any atom is 0.417 e. The Morgan fingerprint density at radius 3 is 2.54 bits per heavy atom. The smallest absolute Gasteiger partial charge is 0.417 e. The molecule has 210 valence electrons. The van der Waals surface area contributed by atoms with Gasteiger partial charge in [0.05, 0.1) is 17.9 Å². The van der Waals surface area contributed by atoms with Crippen LogP contribution in [0.15, 0.2) is 48.6 Å². The highest BCUT2D eigenvalue weighted by Gasteiger charge is 2.34. The van der Waals surface area contributed by atoms with E-state index in [2.05, 4.69) is 15.6 Å². The predicted octanol–water partition coefficient (Wildman–Crippen LogP) is 4.43. The van der Waals surface area contributed by atoms with Crippen LogP contribution in [0.3, 0.4) is 0 Å². The first-order valence-corrected chi connectivity index (χ1v) is 12.8. The summed E-state index contributed by atoms with van der Waals surface area (Å²) in [5.74, 6) is -2.64. The van der Waals surface area contributed by atoms with E-state index in [1.54, 1.807) is 13.8 Å². The Morgan fingerprint density at radius 1 is 1.15 bits per heavy atom. The van der Waals surface area contributed by atoms with Crippen LogP contribution >= 0.6 is 0 Å². The molecule has 1 aliphatic heterocycles. The van der Waals surface area contributed by atoms with Gasteiger partial charge in [0.25, 0.3) is 0 Å². The van der Waals surface area contributed by atoms with Gasteiger partial charge < -0.3 is 20.4 Å². The molecule has 0 radical (unpaired) electrons. The Bertz CT molecular complexity index is 1220. The molecular formula is C28H32F3N3O5. The Hall–Kier alpha value is -3.89. The van der Waals surface area contributed by atoms with Crippen LogP contribution in [-0.2, 0) is 25.3 Å². The molecule has 0 saturated carbocycles. The first-order valence-electron chi connectivity index (χ1n) is 12.8. The number of ether oxygens (including phenoxy) is 1. The highest BCUT2D eigenvalue weighted by atomic mass is 19.4. The van der Waals surface area contributed by atoms with E-state index in [-0.39, 0.29) is 48.2 Å². The van der Waals surface area contributed by atoms with Crippen molar-refractivity contribution in [3.05, 3.63) is 59.8 Å². The second-order valence-corrected chi connectivity index (χ2v) is 9.30. The highest BCUT2D eigenvalue weighted by molar-refractivity contribution is 5.98. The summed E-state index contributed by atoms with van der Waals surface area (Å²) in [5.41, 5.74) is -0.673. The van der Waals surface area contributed by atoms with E-state index >= 15 is 0 Å². The van der Waals surface area contributed by atoms with Crippen molar-refractivity contribution in [3.8, 4) is 11.3 Å². The fourth-order valence-electron chi connectivity index (χ4n) is 4.48. The van der Waals surface area contributed by atoms with Gasteiger partial charge in [0, 0.05) is 48.2 Å². The van der Waals surface area contributed by atoms with E-state index in [4.69, 9.17) is 4.74 Å². The van der Waals surface area contributed by atoms with Crippen LogP contribution in [-0.4, -0.2) is 47.7 Å². The molecule has 2 amide bonds. The van der Waals surface area contributed by atoms with Crippen LogP contribution in [0, 0.1) is 11.8 Å². The topological polar surface area (TPSA) is 117 Å². The van der Waals surface area contributed by atoms with E-state index < -0.39 is 41.4 Å². The molecule has 11 heteroatoms. The number of rotatable bonds is 12. The minimum Gasteiger partial charge on any atom is -0.463 e. The van der Waals surface area contributed by atoms with Gasteiger partial charge in [-0.25, -0.2) is 4.79 Å². The van der Waals surface area contributed by atoms with Gasteiger partial charge in [0.15, 0.2) is 5.78 Å². The molecule has 3 N–H and O–H groups in total. The van der Waals surface area contributed by atoms with Gasteiger partial charge >= 0.3 is 12.1 Å². The summed E-state index contributed by atoms with van der Waals surface area (Å²) < 4.78 is 45.1. The molecule has 2 aromatic rings. The molecule has 0 aliphatic carbocycles. The number of carbonyl (C=O) groups is 4. The van der Waals surface area contributed by atoms with Crippen molar-refractivity contribution >= 4 is 23.6 Å². The summed E-state index contributed by atoms with van der Waals surface area (Å²) in [4.78, 5) is 52.7. The van der Waals surface area contributed by atoms with E-state index in [0.717, 1.165) is 6.07 Å². The van der Waals surface area contributed by atoms with Gasteiger partial charge in [-0.1, -0.05) is 31.2 Å². The molecule has 2 heterocycles. The number of benzene rings is 1. The molecule has 8 nitrogen and oxygen atoms in total. The predicted molar refractivity (Wildman–Crippen MR) is 137 cm³/mol. The Labute approximate surface area is 224 Å². The number of ketones is 1. The number of hydrogen-bond donors (Lipinski definition) is 3.